The van der Waals surface area contributed by atoms with Gasteiger partial charge in [-0.25, -0.2) is 0 Å². The van der Waals surface area contributed by atoms with Crippen LogP contribution in [-0.4, -0.2) is 17.7 Å². The number of aliphatic hydroxyl groups excluding tert-OH is 1. The predicted molar refractivity (Wildman–Crippen MR) is 55.4 cm³/mol. The molecule has 1 rings (SSSR count). The Kier molecular flexibility index (Phi) is 9.50. The Bertz CT molecular complexity index is 309. The summed E-state index contributed by atoms with van der Waals surface area (Å²) in [5.41, 5.74) is 1.34. The summed E-state index contributed by atoms with van der Waals surface area (Å²) in [7, 11) is 0. The van der Waals surface area contributed by atoms with Gasteiger partial charge in [-0.15, -0.1) is 0 Å². The number of carboxylic acids is 1. The summed E-state index contributed by atoms with van der Waals surface area (Å²) in [5.74, 6) is -1.14. The summed E-state index contributed by atoms with van der Waals surface area (Å²) in [4.78, 5) is 10.5. The summed E-state index contributed by atoms with van der Waals surface area (Å²) in [5, 5.41) is 19.1. The van der Waals surface area contributed by atoms with Gasteiger partial charge in [0.15, 0.2) is 0 Å². The maximum atomic E-state index is 10.5. The molecule has 0 aliphatic rings. The number of hydrogen-bond acceptors (Lipinski definition) is 3. The summed E-state index contributed by atoms with van der Waals surface area (Å²) in [6.07, 6.45) is 3.77. The van der Waals surface area contributed by atoms with Gasteiger partial charge in [-0.2, -0.15) is 0 Å². The standard InChI is InChI=1S/C12H16O3.K/c13-9-3-1-2-4-10-5-7-11(8-6-10)12(14)15;/h5-8,13H,1-4,9H2,(H,14,15);/q;+1/p-1. The first-order chi connectivity index (χ1) is 7.24. The van der Waals surface area contributed by atoms with Crippen LogP contribution in [0.1, 0.15) is 35.2 Å². The molecule has 0 amide bonds. The molecule has 0 heterocycles. The van der Waals surface area contributed by atoms with Crippen molar-refractivity contribution in [2.75, 3.05) is 6.61 Å². The summed E-state index contributed by atoms with van der Waals surface area (Å²) in [6.45, 7) is 0.240. The Balaban J connectivity index is 0.00000225. The minimum Gasteiger partial charge on any atom is -0.545 e. The van der Waals surface area contributed by atoms with E-state index in [-0.39, 0.29) is 63.6 Å². The van der Waals surface area contributed by atoms with Gasteiger partial charge in [0.05, 0.1) is 5.97 Å². The fourth-order valence-electron chi connectivity index (χ4n) is 1.43. The predicted octanol–water partition coefficient (Wildman–Crippen LogP) is -2.24. The van der Waals surface area contributed by atoms with Crippen molar-refractivity contribution in [3.05, 3.63) is 35.4 Å². The van der Waals surface area contributed by atoms with Crippen LogP contribution in [0.25, 0.3) is 0 Å². The first-order valence-electron chi connectivity index (χ1n) is 5.15. The minimum absolute atomic E-state index is 0. The number of carbonyl (C=O) groups excluding carboxylic acids is 1. The van der Waals surface area contributed by atoms with Gasteiger partial charge >= 0.3 is 51.4 Å². The summed E-state index contributed by atoms with van der Waals surface area (Å²) in [6, 6.07) is 6.75. The van der Waals surface area contributed by atoms with E-state index in [1.807, 2.05) is 12.1 Å². The van der Waals surface area contributed by atoms with E-state index >= 15 is 0 Å². The number of carbonyl (C=O) groups is 1. The second-order valence-corrected chi connectivity index (χ2v) is 3.52. The molecule has 16 heavy (non-hydrogen) atoms. The Morgan fingerprint density at radius 2 is 1.75 bits per heavy atom. The van der Waals surface area contributed by atoms with E-state index in [0.717, 1.165) is 31.2 Å². The van der Waals surface area contributed by atoms with Crippen LogP contribution in [-0.2, 0) is 6.42 Å². The smallest absolute Gasteiger partial charge is 0.545 e. The zero-order chi connectivity index (χ0) is 11.1. The van der Waals surface area contributed by atoms with E-state index in [1.54, 1.807) is 12.1 Å². The zero-order valence-corrected chi connectivity index (χ0v) is 12.7. The number of aliphatic hydroxyl groups is 1. The van der Waals surface area contributed by atoms with Crippen molar-refractivity contribution >= 4 is 5.97 Å². The third kappa shape index (κ3) is 6.13. The van der Waals surface area contributed by atoms with Crippen LogP contribution in [0.15, 0.2) is 24.3 Å². The van der Waals surface area contributed by atoms with E-state index < -0.39 is 5.97 Å². The minimum atomic E-state index is -1.14. The van der Waals surface area contributed by atoms with Crippen molar-refractivity contribution in [2.45, 2.75) is 25.7 Å². The van der Waals surface area contributed by atoms with Gasteiger partial charge in [0.2, 0.25) is 0 Å². The molecule has 0 saturated heterocycles. The van der Waals surface area contributed by atoms with Crippen molar-refractivity contribution in [3.63, 3.8) is 0 Å². The number of aryl methyl sites for hydroxylation is 1. The maximum Gasteiger partial charge on any atom is 1.00 e. The van der Waals surface area contributed by atoms with Gasteiger partial charge in [-0.05, 0) is 30.4 Å². The fraction of sp³-hybridized carbons (Fsp3) is 0.417. The number of aromatic carboxylic acids is 1. The molecule has 4 heteroatoms. The Morgan fingerprint density at radius 1 is 1.12 bits per heavy atom. The van der Waals surface area contributed by atoms with Crippen molar-refractivity contribution < 1.29 is 66.4 Å². The molecule has 0 spiro atoms. The van der Waals surface area contributed by atoms with Gasteiger partial charge < -0.3 is 15.0 Å². The monoisotopic (exact) mass is 246 g/mol. The molecule has 0 atom stereocenters. The molecule has 1 N–H and O–H groups in total. The van der Waals surface area contributed by atoms with E-state index in [9.17, 15) is 9.90 Å². The number of unbranched alkanes of at least 4 members (excludes halogenated alkanes) is 2. The third-order valence-electron chi connectivity index (χ3n) is 2.31. The molecule has 0 bridgehead atoms. The number of carboxylic acid groups (broad SMARTS) is 1. The molecule has 0 aliphatic heterocycles. The molecular weight excluding hydrogens is 231 g/mol. The summed E-state index contributed by atoms with van der Waals surface area (Å²) >= 11 is 0. The van der Waals surface area contributed by atoms with E-state index in [0.29, 0.717) is 0 Å². The molecule has 1 aromatic carbocycles. The first kappa shape index (κ1) is 16.3. The second kappa shape index (κ2) is 9.33. The topological polar surface area (TPSA) is 60.4 Å². The van der Waals surface area contributed by atoms with Crippen LogP contribution >= 0.6 is 0 Å². The number of hydrogen-bond donors (Lipinski definition) is 1. The van der Waals surface area contributed by atoms with Crippen molar-refractivity contribution in [3.8, 4) is 0 Å². The number of rotatable bonds is 6. The molecule has 1 aromatic rings. The Morgan fingerprint density at radius 3 is 2.25 bits per heavy atom. The normalized spacial score (nSPS) is 9.56. The van der Waals surface area contributed by atoms with Crippen LogP contribution in [0.4, 0.5) is 0 Å². The van der Waals surface area contributed by atoms with Crippen molar-refractivity contribution in [1.82, 2.24) is 0 Å². The molecule has 0 radical (unpaired) electrons. The fourth-order valence-corrected chi connectivity index (χ4v) is 1.43. The molecular formula is C12H15KO3. The Labute approximate surface area is 138 Å². The second-order valence-electron chi connectivity index (χ2n) is 3.52. The van der Waals surface area contributed by atoms with Gasteiger partial charge in [0.25, 0.3) is 0 Å². The largest absolute Gasteiger partial charge is 1.00 e. The molecule has 0 saturated carbocycles. The molecule has 0 fully saturated rings. The molecule has 0 aromatic heterocycles. The zero-order valence-electron chi connectivity index (χ0n) is 9.61. The van der Waals surface area contributed by atoms with E-state index in [1.165, 1.54) is 0 Å². The molecule has 0 unspecified atom stereocenters. The third-order valence-corrected chi connectivity index (χ3v) is 2.31. The van der Waals surface area contributed by atoms with Crippen LogP contribution in [0.3, 0.4) is 0 Å². The maximum absolute atomic E-state index is 10.5. The average Bonchev–Trinajstić information content (AvgIpc) is 2.25. The van der Waals surface area contributed by atoms with Crippen molar-refractivity contribution in [1.29, 1.82) is 0 Å². The average molecular weight is 246 g/mol. The molecule has 3 nitrogen and oxygen atoms in total. The Hall–Kier alpha value is 0.286. The van der Waals surface area contributed by atoms with Gasteiger partial charge in [-0.3, -0.25) is 0 Å². The number of benzene rings is 1. The molecule has 0 aliphatic carbocycles. The van der Waals surface area contributed by atoms with Crippen LogP contribution < -0.4 is 56.5 Å². The van der Waals surface area contributed by atoms with E-state index in [2.05, 4.69) is 0 Å². The first-order valence-corrected chi connectivity index (χ1v) is 5.15. The van der Waals surface area contributed by atoms with E-state index in [4.69, 9.17) is 5.11 Å². The van der Waals surface area contributed by atoms with Gasteiger partial charge in [0, 0.05) is 6.61 Å². The SMILES string of the molecule is O=C([O-])c1ccc(CCCCCO)cc1.[K+]. The van der Waals surface area contributed by atoms with Crippen molar-refractivity contribution in [2.24, 2.45) is 0 Å². The van der Waals surface area contributed by atoms with Crippen LogP contribution in [0.2, 0.25) is 0 Å². The van der Waals surface area contributed by atoms with Gasteiger partial charge in [-0.1, -0.05) is 30.7 Å². The summed E-state index contributed by atoms with van der Waals surface area (Å²) < 4.78 is 0. The molecule has 82 valence electrons. The van der Waals surface area contributed by atoms with Crippen LogP contribution in [0, 0.1) is 0 Å². The van der Waals surface area contributed by atoms with Crippen LogP contribution in [0.5, 0.6) is 0 Å². The quantitative estimate of drug-likeness (QED) is 0.456. The van der Waals surface area contributed by atoms with Gasteiger partial charge in [0.1, 0.15) is 0 Å².